The third-order valence-electron chi connectivity index (χ3n) is 7.61. The molecule has 0 amide bonds. The van der Waals surface area contributed by atoms with E-state index in [4.69, 9.17) is 4.74 Å². The highest BCUT2D eigenvalue weighted by atomic mass is 19.2. The van der Waals surface area contributed by atoms with E-state index in [1.807, 2.05) is 0 Å². The van der Waals surface area contributed by atoms with Gasteiger partial charge in [-0.2, -0.15) is 0 Å². The van der Waals surface area contributed by atoms with Crippen LogP contribution in [0, 0.1) is 41.0 Å². The Hall–Kier alpha value is -1.88. The molecule has 2 aromatic rings. The lowest BCUT2D eigenvalue weighted by Crippen LogP contribution is -2.13. The van der Waals surface area contributed by atoms with Crippen LogP contribution in [0.2, 0.25) is 0 Å². The van der Waals surface area contributed by atoms with Crippen molar-refractivity contribution in [3.8, 4) is 11.1 Å². The number of hydrogen-bond acceptors (Lipinski definition) is 1. The first-order valence-electron chi connectivity index (χ1n) is 11.1. The molecule has 1 heterocycles. The van der Waals surface area contributed by atoms with Gasteiger partial charge in [-0.3, -0.25) is 0 Å². The second-order valence-corrected chi connectivity index (χ2v) is 9.12. The van der Waals surface area contributed by atoms with Gasteiger partial charge in [0.1, 0.15) is 6.10 Å². The Morgan fingerprint density at radius 3 is 2.00 bits per heavy atom. The third-order valence-corrected chi connectivity index (χ3v) is 7.61. The van der Waals surface area contributed by atoms with Gasteiger partial charge in [0, 0.05) is 16.7 Å². The second-order valence-electron chi connectivity index (χ2n) is 9.12. The number of epoxide rings is 1. The van der Waals surface area contributed by atoms with Crippen molar-refractivity contribution in [2.24, 2.45) is 17.8 Å². The minimum Gasteiger partial charge on any atom is -0.368 e. The number of rotatable bonds is 5. The highest BCUT2D eigenvalue weighted by molar-refractivity contribution is 5.66. The maximum Gasteiger partial charge on any atom is 0.167 e. The van der Waals surface area contributed by atoms with Crippen molar-refractivity contribution in [1.29, 1.82) is 0 Å². The maximum absolute atomic E-state index is 15.1. The first kappa shape index (κ1) is 20.0. The molecule has 0 spiro atoms. The summed E-state index contributed by atoms with van der Waals surface area (Å²) >= 11 is 0. The Morgan fingerprint density at radius 2 is 1.37 bits per heavy atom. The molecule has 5 rings (SSSR count). The van der Waals surface area contributed by atoms with Gasteiger partial charge in [-0.25, -0.2) is 17.6 Å². The zero-order chi connectivity index (χ0) is 21.0. The first-order valence-corrected chi connectivity index (χ1v) is 11.1. The van der Waals surface area contributed by atoms with Crippen molar-refractivity contribution in [3.05, 3.63) is 58.7 Å². The summed E-state index contributed by atoms with van der Waals surface area (Å²) in [5.74, 6) is -2.51. The Labute approximate surface area is 174 Å². The van der Waals surface area contributed by atoms with E-state index < -0.39 is 29.4 Å². The summed E-state index contributed by atoms with van der Waals surface area (Å²) in [4.78, 5) is 0. The molecule has 5 atom stereocenters. The van der Waals surface area contributed by atoms with E-state index in [-0.39, 0.29) is 22.6 Å². The highest BCUT2D eigenvalue weighted by Crippen LogP contribution is 2.56. The van der Waals surface area contributed by atoms with E-state index in [2.05, 4.69) is 6.92 Å². The molecule has 1 saturated heterocycles. The molecule has 2 aliphatic carbocycles. The van der Waals surface area contributed by atoms with Gasteiger partial charge in [-0.1, -0.05) is 44.0 Å². The lowest BCUT2D eigenvalue weighted by Gasteiger charge is -2.22. The fraction of sp³-hybridized carbons (Fsp3) is 0.520. The number of fused-ring (bicyclic) bond motifs is 1. The molecule has 2 aromatic carbocycles. The zero-order valence-electron chi connectivity index (χ0n) is 17.1. The minimum atomic E-state index is -1.16. The largest absolute Gasteiger partial charge is 0.368 e. The van der Waals surface area contributed by atoms with Gasteiger partial charge in [-0.15, -0.1) is 0 Å². The van der Waals surface area contributed by atoms with Gasteiger partial charge in [0.25, 0.3) is 0 Å². The third kappa shape index (κ3) is 3.17. The van der Waals surface area contributed by atoms with Crippen LogP contribution < -0.4 is 0 Å². The molecular weight excluding hydrogens is 392 g/mol. The van der Waals surface area contributed by atoms with E-state index in [0.29, 0.717) is 29.9 Å². The Balaban J connectivity index is 1.46. The fourth-order valence-corrected chi connectivity index (χ4v) is 6.14. The quantitative estimate of drug-likeness (QED) is 0.367. The maximum atomic E-state index is 15.1. The number of hydrogen-bond donors (Lipinski definition) is 0. The lowest BCUT2D eigenvalue weighted by atomic mass is 9.83. The normalized spacial score (nSPS) is 30.0. The smallest absolute Gasteiger partial charge is 0.167 e. The molecular formula is C25H26F4O. The Morgan fingerprint density at radius 1 is 0.767 bits per heavy atom. The summed E-state index contributed by atoms with van der Waals surface area (Å²) in [7, 11) is 0. The van der Waals surface area contributed by atoms with Crippen molar-refractivity contribution in [2.45, 2.75) is 57.5 Å². The Bertz CT molecular complexity index is 968. The molecule has 3 aliphatic rings. The van der Waals surface area contributed by atoms with Crippen LogP contribution in [-0.2, 0) is 4.74 Å². The van der Waals surface area contributed by atoms with Crippen LogP contribution in [-0.4, -0.2) is 6.61 Å². The van der Waals surface area contributed by atoms with Crippen LogP contribution in [0.1, 0.15) is 68.6 Å². The average Bonchev–Trinajstić information content (AvgIpc) is 3.37. The first-order chi connectivity index (χ1) is 14.5. The molecule has 160 valence electrons. The topological polar surface area (TPSA) is 12.5 Å². The molecule has 0 radical (unpaired) electrons. The van der Waals surface area contributed by atoms with Crippen molar-refractivity contribution >= 4 is 0 Å². The summed E-state index contributed by atoms with van der Waals surface area (Å²) in [6, 6.07) is 5.70. The minimum absolute atomic E-state index is 0.0105. The van der Waals surface area contributed by atoms with E-state index in [1.165, 1.54) is 31.0 Å². The molecule has 0 N–H and O–H groups in total. The molecule has 0 aromatic heterocycles. The van der Waals surface area contributed by atoms with Gasteiger partial charge in [-0.05, 0) is 54.9 Å². The van der Waals surface area contributed by atoms with Crippen molar-refractivity contribution in [1.82, 2.24) is 0 Å². The van der Waals surface area contributed by atoms with Crippen LogP contribution in [0.5, 0.6) is 0 Å². The van der Waals surface area contributed by atoms with Crippen molar-refractivity contribution < 1.29 is 22.3 Å². The lowest BCUT2D eigenvalue weighted by molar-refractivity contribution is 0.323. The summed E-state index contributed by atoms with van der Waals surface area (Å²) in [6.45, 7) is 2.54. The van der Waals surface area contributed by atoms with E-state index in [9.17, 15) is 8.78 Å². The SMILES string of the molecule is CCCC1CCC2C(c3ccc(-c4ccc(C5CO5)c(F)c4F)c(F)c3F)CCC12. The Kier molecular flexibility index (Phi) is 5.12. The monoisotopic (exact) mass is 418 g/mol. The summed E-state index contributed by atoms with van der Waals surface area (Å²) in [6.07, 6.45) is 6.07. The van der Waals surface area contributed by atoms with Crippen LogP contribution in [0.3, 0.4) is 0 Å². The number of ether oxygens (including phenoxy) is 1. The summed E-state index contributed by atoms with van der Waals surface area (Å²) in [5.41, 5.74) is 0.0205. The molecule has 5 unspecified atom stereocenters. The fourth-order valence-electron chi connectivity index (χ4n) is 6.14. The molecule has 0 bridgehead atoms. The average molecular weight is 418 g/mol. The molecule has 30 heavy (non-hydrogen) atoms. The van der Waals surface area contributed by atoms with Crippen LogP contribution in [0.4, 0.5) is 17.6 Å². The predicted octanol–water partition coefficient (Wildman–Crippen LogP) is 7.30. The number of halogens is 4. The molecule has 1 nitrogen and oxygen atoms in total. The summed E-state index contributed by atoms with van der Waals surface area (Å²) < 4.78 is 64.2. The van der Waals surface area contributed by atoms with Crippen LogP contribution >= 0.6 is 0 Å². The number of benzene rings is 2. The standard InChI is InChI=1S/C25H26F4O/c1-2-3-13-4-5-15-14(13)6-7-16(15)17-8-9-18(23(27)22(17)26)19-10-11-20(21-12-30-21)25(29)24(19)28/h8-11,13-16,21H,2-7,12H2,1H3. The van der Waals surface area contributed by atoms with Gasteiger partial charge in [0.15, 0.2) is 23.3 Å². The van der Waals surface area contributed by atoms with Crippen molar-refractivity contribution in [2.75, 3.05) is 6.61 Å². The van der Waals surface area contributed by atoms with Crippen LogP contribution in [0.25, 0.3) is 11.1 Å². The van der Waals surface area contributed by atoms with Gasteiger partial charge in [0.2, 0.25) is 0 Å². The van der Waals surface area contributed by atoms with Gasteiger partial charge in [0.05, 0.1) is 6.61 Å². The van der Waals surface area contributed by atoms with E-state index >= 15 is 8.78 Å². The van der Waals surface area contributed by atoms with E-state index in [1.54, 1.807) is 6.07 Å². The highest BCUT2D eigenvalue weighted by Gasteiger charge is 2.45. The zero-order valence-corrected chi connectivity index (χ0v) is 17.1. The predicted molar refractivity (Wildman–Crippen MR) is 107 cm³/mol. The second kappa shape index (κ2) is 7.67. The molecule has 2 saturated carbocycles. The molecule has 5 heteroatoms. The molecule has 1 aliphatic heterocycles. The van der Waals surface area contributed by atoms with Gasteiger partial charge >= 0.3 is 0 Å². The van der Waals surface area contributed by atoms with Crippen molar-refractivity contribution in [3.63, 3.8) is 0 Å². The van der Waals surface area contributed by atoms with Gasteiger partial charge < -0.3 is 4.74 Å². The van der Waals surface area contributed by atoms with E-state index in [0.717, 1.165) is 25.7 Å². The van der Waals surface area contributed by atoms with Crippen LogP contribution in [0.15, 0.2) is 24.3 Å². The molecule has 3 fully saturated rings. The summed E-state index contributed by atoms with van der Waals surface area (Å²) in [5, 5.41) is 0.